The number of anilines is 3. The number of rotatable bonds is 4. The predicted molar refractivity (Wildman–Crippen MR) is 166 cm³/mol. The number of nitriles is 1. The summed E-state index contributed by atoms with van der Waals surface area (Å²) in [7, 11) is 0. The van der Waals surface area contributed by atoms with Gasteiger partial charge in [-0.1, -0.05) is 66.7 Å². The Morgan fingerprint density at radius 3 is 1.85 bits per heavy atom. The standard InChI is InChI=1S/C37H22N2O2/c38-23-24-9-6-10-25(21-24)26-19-20-33-29(22-26)37-31(15-8-18-35(37)41-33)39(27-11-2-1-3-12-27)30-14-7-17-34-36(30)28-13-4-5-16-32(28)40-34/h1-22H. The summed E-state index contributed by atoms with van der Waals surface area (Å²) in [6, 6.07) is 47.2. The highest BCUT2D eigenvalue weighted by atomic mass is 16.3. The zero-order valence-corrected chi connectivity index (χ0v) is 21.9. The van der Waals surface area contributed by atoms with E-state index in [9.17, 15) is 5.26 Å². The average molecular weight is 527 g/mol. The smallest absolute Gasteiger partial charge is 0.137 e. The monoisotopic (exact) mass is 526 g/mol. The van der Waals surface area contributed by atoms with Gasteiger partial charge in [0.15, 0.2) is 0 Å². The molecule has 0 spiro atoms. The van der Waals surface area contributed by atoms with E-state index in [0.29, 0.717) is 5.56 Å². The van der Waals surface area contributed by atoms with Crippen LogP contribution in [0.15, 0.2) is 142 Å². The third kappa shape index (κ3) is 3.68. The van der Waals surface area contributed by atoms with Gasteiger partial charge in [0.05, 0.1) is 33.8 Å². The Kier molecular flexibility index (Phi) is 5.16. The van der Waals surface area contributed by atoms with Crippen LogP contribution in [-0.4, -0.2) is 0 Å². The quantitative estimate of drug-likeness (QED) is 0.229. The van der Waals surface area contributed by atoms with Crippen LogP contribution >= 0.6 is 0 Å². The Morgan fingerprint density at radius 2 is 1.10 bits per heavy atom. The van der Waals surface area contributed by atoms with Gasteiger partial charge in [0.2, 0.25) is 0 Å². The molecule has 2 aromatic heterocycles. The molecular formula is C37H22N2O2. The molecule has 0 N–H and O–H groups in total. The first-order chi connectivity index (χ1) is 20.3. The molecule has 0 saturated heterocycles. The maximum atomic E-state index is 9.45. The molecule has 0 atom stereocenters. The van der Waals surface area contributed by atoms with Crippen LogP contribution in [0.25, 0.3) is 55.0 Å². The van der Waals surface area contributed by atoms with Crippen molar-refractivity contribution < 1.29 is 8.83 Å². The van der Waals surface area contributed by atoms with E-state index in [0.717, 1.165) is 72.1 Å². The lowest BCUT2D eigenvalue weighted by molar-refractivity contribution is 0.669. The van der Waals surface area contributed by atoms with Crippen LogP contribution in [0.5, 0.6) is 0 Å². The van der Waals surface area contributed by atoms with Crippen LogP contribution in [0, 0.1) is 11.3 Å². The molecule has 8 aromatic rings. The SMILES string of the molecule is N#Cc1cccc(-c2ccc3oc4cccc(N(c5ccccc5)c5cccc6oc7ccccc7c56)c4c3c2)c1. The summed E-state index contributed by atoms with van der Waals surface area (Å²) in [5.74, 6) is 0. The fraction of sp³-hybridized carbons (Fsp3) is 0. The summed E-state index contributed by atoms with van der Waals surface area (Å²) in [6.45, 7) is 0. The molecule has 0 bridgehead atoms. The van der Waals surface area contributed by atoms with Gasteiger partial charge in [0.1, 0.15) is 22.3 Å². The van der Waals surface area contributed by atoms with Crippen LogP contribution in [0.3, 0.4) is 0 Å². The van der Waals surface area contributed by atoms with Crippen molar-refractivity contribution in [1.82, 2.24) is 0 Å². The molecule has 8 rings (SSSR count). The lowest BCUT2D eigenvalue weighted by Gasteiger charge is -2.27. The molecule has 4 heteroatoms. The fourth-order valence-electron chi connectivity index (χ4n) is 5.87. The van der Waals surface area contributed by atoms with Gasteiger partial charge in [-0.3, -0.25) is 0 Å². The van der Waals surface area contributed by atoms with Crippen molar-refractivity contribution in [2.75, 3.05) is 4.90 Å². The Hall–Kier alpha value is -5.79. The Labute approximate surface area is 235 Å². The van der Waals surface area contributed by atoms with Gasteiger partial charge in [-0.05, 0) is 77.9 Å². The predicted octanol–water partition coefficient (Wildman–Crippen LogP) is 10.5. The second kappa shape index (κ2) is 9.15. The first-order valence-electron chi connectivity index (χ1n) is 13.5. The van der Waals surface area contributed by atoms with E-state index < -0.39 is 0 Å². The molecule has 0 saturated carbocycles. The van der Waals surface area contributed by atoms with Crippen LogP contribution in [0.4, 0.5) is 17.1 Å². The van der Waals surface area contributed by atoms with Crippen molar-refractivity contribution in [2.45, 2.75) is 0 Å². The molecule has 0 aliphatic heterocycles. The van der Waals surface area contributed by atoms with Gasteiger partial charge < -0.3 is 13.7 Å². The van der Waals surface area contributed by atoms with Crippen molar-refractivity contribution in [1.29, 1.82) is 5.26 Å². The highest BCUT2D eigenvalue weighted by Crippen LogP contribution is 2.47. The highest BCUT2D eigenvalue weighted by molar-refractivity contribution is 6.18. The van der Waals surface area contributed by atoms with Gasteiger partial charge in [0, 0.05) is 16.5 Å². The summed E-state index contributed by atoms with van der Waals surface area (Å²) in [6.07, 6.45) is 0. The molecule has 0 radical (unpaired) electrons. The largest absolute Gasteiger partial charge is 0.456 e. The molecule has 192 valence electrons. The van der Waals surface area contributed by atoms with Crippen molar-refractivity contribution in [2.24, 2.45) is 0 Å². The number of benzene rings is 6. The van der Waals surface area contributed by atoms with E-state index in [4.69, 9.17) is 8.83 Å². The van der Waals surface area contributed by atoms with E-state index in [1.807, 2.05) is 84.9 Å². The summed E-state index contributed by atoms with van der Waals surface area (Å²) < 4.78 is 12.7. The van der Waals surface area contributed by atoms with Crippen molar-refractivity contribution in [3.05, 3.63) is 139 Å². The molecule has 0 amide bonds. The molecule has 41 heavy (non-hydrogen) atoms. The minimum Gasteiger partial charge on any atom is -0.456 e. The number of nitrogens with zero attached hydrogens (tertiary/aromatic N) is 2. The van der Waals surface area contributed by atoms with Gasteiger partial charge in [-0.2, -0.15) is 5.26 Å². The zero-order chi connectivity index (χ0) is 27.3. The highest BCUT2D eigenvalue weighted by Gasteiger charge is 2.23. The first kappa shape index (κ1) is 23.1. The van der Waals surface area contributed by atoms with Crippen molar-refractivity contribution >= 4 is 60.9 Å². The van der Waals surface area contributed by atoms with Crippen LogP contribution in [0.2, 0.25) is 0 Å². The molecule has 2 heterocycles. The number of para-hydroxylation sites is 2. The van der Waals surface area contributed by atoms with E-state index >= 15 is 0 Å². The van der Waals surface area contributed by atoms with E-state index in [2.05, 4.69) is 59.5 Å². The van der Waals surface area contributed by atoms with Gasteiger partial charge >= 0.3 is 0 Å². The third-order valence-corrected chi connectivity index (χ3v) is 7.67. The Bertz CT molecular complexity index is 2290. The topological polar surface area (TPSA) is 53.3 Å². The molecule has 0 aliphatic carbocycles. The van der Waals surface area contributed by atoms with Gasteiger partial charge in [0.25, 0.3) is 0 Å². The van der Waals surface area contributed by atoms with Crippen molar-refractivity contribution in [3.63, 3.8) is 0 Å². The first-order valence-corrected chi connectivity index (χ1v) is 13.5. The normalized spacial score (nSPS) is 11.4. The Balaban J connectivity index is 1.44. The van der Waals surface area contributed by atoms with E-state index in [1.165, 1.54) is 0 Å². The van der Waals surface area contributed by atoms with Crippen LogP contribution in [-0.2, 0) is 0 Å². The number of hydrogen-bond donors (Lipinski definition) is 0. The van der Waals surface area contributed by atoms with Crippen molar-refractivity contribution in [3.8, 4) is 17.2 Å². The molecular weight excluding hydrogens is 504 g/mol. The summed E-state index contributed by atoms with van der Waals surface area (Å²) in [5.41, 5.74) is 9.05. The summed E-state index contributed by atoms with van der Waals surface area (Å²) >= 11 is 0. The van der Waals surface area contributed by atoms with E-state index in [1.54, 1.807) is 0 Å². The summed E-state index contributed by atoms with van der Waals surface area (Å²) in [4.78, 5) is 2.30. The van der Waals surface area contributed by atoms with Gasteiger partial charge in [-0.15, -0.1) is 0 Å². The molecule has 6 aromatic carbocycles. The minimum atomic E-state index is 0.635. The maximum absolute atomic E-state index is 9.45. The molecule has 0 aliphatic rings. The van der Waals surface area contributed by atoms with Crippen LogP contribution < -0.4 is 4.90 Å². The van der Waals surface area contributed by atoms with Gasteiger partial charge in [-0.25, -0.2) is 0 Å². The third-order valence-electron chi connectivity index (χ3n) is 7.67. The number of hydrogen-bond acceptors (Lipinski definition) is 4. The number of furan rings is 2. The molecule has 0 fully saturated rings. The lowest BCUT2D eigenvalue weighted by atomic mass is 10.00. The zero-order valence-electron chi connectivity index (χ0n) is 21.9. The van der Waals surface area contributed by atoms with E-state index in [-0.39, 0.29) is 0 Å². The second-order valence-corrected chi connectivity index (χ2v) is 10.1. The van der Waals surface area contributed by atoms with Crippen LogP contribution in [0.1, 0.15) is 5.56 Å². The molecule has 4 nitrogen and oxygen atoms in total. The summed E-state index contributed by atoms with van der Waals surface area (Å²) in [5, 5.41) is 13.6. The minimum absolute atomic E-state index is 0.635. The second-order valence-electron chi connectivity index (χ2n) is 10.1. The lowest BCUT2D eigenvalue weighted by Crippen LogP contribution is -2.10. The average Bonchev–Trinajstić information content (AvgIpc) is 3.60. The maximum Gasteiger partial charge on any atom is 0.137 e. The number of fused-ring (bicyclic) bond motifs is 6. The Morgan fingerprint density at radius 1 is 0.488 bits per heavy atom. The molecule has 0 unspecified atom stereocenters. The fourth-order valence-corrected chi connectivity index (χ4v) is 5.87.